The first-order valence-electron chi connectivity index (χ1n) is 6.31. The summed E-state index contributed by atoms with van der Waals surface area (Å²) in [5, 5.41) is 18.4. The Balaban J connectivity index is 2.01. The van der Waals surface area contributed by atoms with Gasteiger partial charge in [0.15, 0.2) is 5.69 Å². The van der Waals surface area contributed by atoms with E-state index in [1.165, 1.54) is 6.20 Å². The molecule has 0 aliphatic carbocycles. The Bertz CT molecular complexity index is 838. The molecule has 0 fully saturated rings. The number of aromatic nitrogens is 2. The molecular weight excluding hydrogens is 268 g/mol. The van der Waals surface area contributed by atoms with Crippen molar-refractivity contribution < 1.29 is 9.90 Å². The van der Waals surface area contributed by atoms with Gasteiger partial charge in [-0.2, -0.15) is 0 Å². The number of rotatable bonds is 2. The van der Waals surface area contributed by atoms with Crippen LogP contribution in [0.15, 0.2) is 59.0 Å². The van der Waals surface area contributed by atoms with E-state index in [0.717, 1.165) is 10.9 Å². The zero-order chi connectivity index (χ0) is 14.8. The van der Waals surface area contributed by atoms with E-state index in [1.807, 2.05) is 24.3 Å². The lowest BCUT2D eigenvalue weighted by Crippen LogP contribution is -1.93. The van der Waals surface area contributed by atoms with E-state index in [2.05, 4.69) is 15.2 Å². The number of pyridine rings is 1. The Hall–Kier alpha value is -3.02. The van der Waals surface area contributed by atoms with Crippen LogP contribution in [0.2, 0.25) is 0 Å². The summed E-state index contributed by atoms with van der Waals surface area (Å²) < 4.78 is 1.60. The SMILES string of the molecule is Cn1c(O)c(N=NC(=O)c2cccnc2)c2ccccc21. The molecule has 0 unspecified atom stereocenters. The van der Waals surface area contributed by atoms with Crippen molar-refractivity contribution in [3.63, 3.8) is 0 Å². The number of nitrogens with zero attached hydrogens (tertiary/aromatic N) is 4. The Morgan fingerprint density at radius 1 is 1.24 bits per heavy atom. The van der Waals surface area contributed by atoms with Gasteiger partial charge in [-0.25, -0.2) is 0 Å². The molecule has 21 heavy (non-hydrogen) atoms. The van der Waals surface area contributed by atoms with Crippen LogP contribution >= 0.6 is 0 Å². The number of hydrogen-bond acceptors (Lipinski definition) is 4. The summed E-state index contributed by atoms with van der Waals surface area (Å²) in [7, 11) is 1.72. The van der Waals surface area contributed by atoms with E-state index < -0.39 is 5.91 Å². The van der Waals surface area contributed by atoms with Gasteiger partial charge in [0.25, 0.3) is 5.91 Å². The fourth-order valence-electron chi connectivity index (χ4n) is 2.10. The molecule has 1 N–H and O–H groups in total. The van der Waals surface area contributed by atoms with Gasteiger partial charge in [-0.3, -0.25) is 9.78 Å². The highest BCUT2D eigenvalue weighted by molar-refractivity contribution is 5.97. The molecule has 1 amide bonds. The number of benzene rings is 1. The molecule has 0 spiro atoms. The van der Waals surface area contributed by atoms with Crippen molar-refractivity contribution in [3.8, 4) is 5.88 Å². The van der Waals surface area contributed by atoms with Gasteiger partial charge in [0.1, 0.15) is 0 Å². The standard InChI is InChI=1S/C15H12N4O2/c1-19-12-7-3-2-6-11(12)13(15(19)21)17-18-14(20)10-5-4-8-16-9-10/h2-9,21H,1H3. The number of amides is 1. The summed E-state index contributed by atoms with van der Waals surface area (Å²) in [6.07, 6.45) is 2.99. The van der Waals surface area contributed by atoms with Crippen LogP contribution in [0.3, 0.4) is 0 Å². The molecule has 6 heteroatoms. The normalized spacial score (nSPS) is 11.3. The van der Waals surface area contributed by atoms with Gasteiger partial charge in [0, 0.05) is 24.8 Å². The summed E-state index contributed by atoms with van der Waals surface area (Å²) in [4.78, 5) is 15.7. The predicted molar refractivity (Wildman–Crippen MR) is 77.7 cm³/mol. The van der Waals surface area contributed by atoms with E-state index in [-0.39, 0.29) is 11.6 Å². The quantitative estimate of drug-likeness (QED) is 0.732. The van der Waals surface area contributed by atoms with Gasteiger partial charge >= 0.3 is 0 Å². The lowest BCUT2D eigenvalue weighted by molar-refractivity contribution is 0.0994. The number of para-hydroxylation sites is 1. The van der Waals surface area contributed by atoms with Crippen molar-refractivity contribution in [1.82, 2.24) is 9.55 Å². The van der Waals surface area contributed by atoms with Crippen LogP contribution in [0.4, 0.5) is 5.69 Å². The summed E-state index contributed by atoms with van der Waals surface area (Å²) in [6, 6.07) is 10.6. The minimum atomic E-state index is -0.504. The van der Waals surface area contributed by atoms with Crippen molar-refractivity contribution >= 4 is 22.5 Å². The summed E-state index contributed by atoms with van der Waals surface area (Å²) in [5.41, 5.74) is 1.45. The van der Waals surface area contributed by atoms with Crippen LogP contribution in [0.1, 0.15) is 10.4 Å². The van der Waals surface area contributed by atoms with Crippen LogP contribution < -0.4 is 0 Å². The number of fused-ring (bicyclic) bond motifs is 1. The average Bonchev–Trinajstić information content (AvgIpc) is 2.78. The second kappa shape index (κ2) is 5.16. The molecule has 1 aromatic carbocycles. The maximum Gasteiger partial charge on any atom is 0.296 e. The van der Waals surface area contributed by atoms with Gasteiger partial charge < -0.3 is 9.67 Å². The second-order valence-electron chi connectivity index (χ2n) is 4.50. The van der Waals surface area contributed by atoms with Crippen molar-refractivity contribution in [1.29, 1.82) is 0 Å². The van der Waals surface area contributed by atoms with Crippen LogP contribution in [0.25, 0.3) is 10.9 Å². The monoisotopic (exact) mass is 280 g/mol. The largest absolute Gasteiger partial charge is 0.493 e. The minimum Gasteiger partial charge on any atom is -0.493 e. The van der Waals surface area contributed by atoms with Crippen molar-refractivity contribution in [2.24, 2.45) is 17.3 Å². The number of carbonyl (C=O) groups excluding carboxylic acids is 1. The number of hydrogen-bond donors (Lipinski definition) is 1. The Morgan fingerprint density at radius 2 is 2.05 bits per heavy atom. The first-order chi connectivity index (χ1) is 10.2. The van der Waals surface area contributed by atoms with Crippen molar-refractivity contribution in [2.45, 2.75) is 0 Å². The van der Waals surface area contributed by atoms with Gasteiger partial charge in [0.05, 0.1) is 11.1 Å². The number of carbonyl (C=O) groups is 1. The maximum atomic E-state index is 11.9. The molecule has 2 aromatic heterocycles. The Morgan fingerprint density at radius 3 is 2.81 bits per heavy atom. The molecule has 0 saturated carbocycles. The Labute approximate surface area is 120 Å². The molecule has 0 saturated heterocycles. The lowest BCUT2D eigenvalue weighted by atomic mass is 10.2. The van der Waals surface area contributed by atoms with Crippen molar-refractivity contribution in [2.75, 3.05) is 0 Å². The highest BCUT2D eigenvalue weighted by atomic mass is 16.3. The molecule has 0 atom stereocenters. The molecule has 3 aromatic rings. The molecular formula is C15H12N4O2. The predicted octanol–water partition coefficient (Wildman–Crippen LogP) is 3.20. The minimum absolute atomic E-state index is 0.0288. The molecule has 104 valence electrons. The van der Waals surface area contributed by atoms with E-state index in [4.69, 9.17) is 0 Å². The van der Waals surface area contributed by atoms with Gasteiger partial charge in [0.2, 0.25) is 5.88 Å². The van der Waals surface area contributed by atoms with Crippen LogP contribution in [0.5, 0.6) is 5.88 Å². The zero-order valence-electron chi connectivity index (χ0n) is 11.3. The van der Waals surface area contributed by atoms with E-state index in [0.29, 0.717) is 5.56 Å². The first-order valence-corrected chi connectivity index (χ1v) is 6.31. The molecule has 3 rings (SSSR count). The fourth-order valence-corrected chi connectivity index (χ4v) is 2.10. The fraction of sp³-hybridized carbons (Fsp3) is 0.0667. The highest BCUT2D eigenvalue weighted by Gasteiger charge is 2.14. The van der Waals surface area contributed by atoms with Crippen LogP contribution in [-0.4, -0.2) is 20.6 Å². The molecule has 6 nitrogen and oxygen atoms in total. The van der Waals surface area contributed by atoms with Gasteiger partial charge in [-0.1, -0.05) is 18.2 Å². The summed E-state index contributed by atoms with van der Waals surface area (Å²) in [6.45, 7) is 0. The third kappa shape index (κ3) is 2.27. The number of aryl methyl sites for hydroxylation is 1. The van der Waals surface area contributed by atoms with E-state index in [9.17, 15) is 9.90 Å². The van der Waals surface area contributed by atoms with E-state index >= 15 is 0 Å². The average molecular weight is 280 g/mol. The smallest absolute Gasteiger partial charge is 0.296 e. The highest BCUT2D eigenvalue weighted by Crippen LogP contribution is 2.37. The summed E-state index contributed by atoms with van der Waals surface area (Å²) >= 11 is 0. The lowest BCUT2D eigenvalue weighted by Gasteiger charge is -1.95. The molecule has 0 aliphatic rings. The van der Waals surface area contributed by atoms with Gasteiger partial charge in [-0.15, -0.1) is 10.2 Å². The molecule has 0 aliphatic heterocycles. The Kier molecular flexibility index (Phi) is 3.19. The topological polar surface area (TPSA) is 79.8 Å². The van der Waals surface area contributed by atoms with Crippen LogP contribution in [0, 0.1) is 0 Å². The number of azo groups is 1. The first kappa shape index (κ1) is 13.0. The van der Waals surface area contributed by atoms with Crippen molar-refractivity contribution in [3.05, 3.63) is 54.4 Å². The molecule has 2 heterocycles. The van der Waals surface area contributed by atoms with Gasteiger partial charge in [-0.05, 0) is 18.2 Å². The van der Waals surface area contributed by atoms with E-state index in [1.54, 1.807) is 29.9 Å². The van der Waals surface area contributed by atoms with Crippen LogP contribution in [-0.2, 0) is 7.05 Å². The third-order valence-corrected chi connectivity index (χ3v) is 3.20. The molecule has 0 bridgehead atoms. The molecule has 0 radical (unpaired) electrons. The second-order valence-corrected chi connectivity index (χ2v) is 4.50. The zero-order valence-corrected chi connectivity index (χ0v) is 11.3. The number of aromatic hydroxyl groups is 1. The maximum absolute atomic E-state index is 11.9. The third-order valence-electron chi connectivity index (χ3n) is 3.20. The summed E-state index contributed by atoms with van der Waals surface area (Å²) in [5.74, 6) is -0.533.